The summed E-state index contributed by atoms with van der Waals surface area (Å²) < 4.78 is 36.3. The molecule has 0 aliphatic rings. The number of fused-ring (bicyclic) bond motifs is 1. The summed E-state index contributed by atoms with van der Waals surface area (Å²) in [6.45, 7) is 5.88. The zero-order chi connectivity index (χ0) is 21.0. The molecule has 0 radical (unpaired) electrons. The minimum Gasteiger partial charge on any atom is -0.382 e. The highest BCUT2D eigenvalue weighted by molar-refractivity contribution is 7.89. The number of rotatable bonds is 10. The van der Waals surface area contributed by atoms with Crippen molar-refractivity contribution in [2.45, 2.75) is 44.9 Å². The Morgan fingerprint density at radius 3 is 2.76 bits per heavy atom. The molecular formula is C18H27N7O3S. The third kappa shape index (κ3) is 4.74. The highest BCUT2D eigenvalue weighted by Gasteiger charge is 2.17. The molecule has 10 nitrogen and oxygen atoms in total. The highest BCUT2D eigenvalue weighted by atomic mass is 32.2. The zero-order valence-corrected chi connectivity index (χ0v) is 17.7. The van der Waals surface area contributed by atoms with E-state index in [1.165, 1.54) is 12.5 Å². The van der Waals surface area contributed by atoms with Gasteiger partial charge >= 0.3 is 0 Å². The lowest BCUT2D eigenvalue weighted by molar-refractivity contribution is 0.126. The van der Waals surface area contributed by atoms with E-state index in [2.05, 4.69) is 24.2 Å². The fraction of sp³-hybridized carbons (Fsp3) is 0.500. The zero-order valence-electron chi connectivity index (χ0n) is 16.9. The first-order valence-corrected chi connectivity index (χ1v) is 11.0. The molecule has 0 amide bonds. The summed E-state index contributed by atoms with van der Waals surface area (Å²) in [4.78, 5) is 12.7. The van der Waals surface area contributed by atoms with Gasteiger partial charge < -0.3 is 19.6 Å². The van der Waals surface area contributed by atoms with Crippen molar-refractivity contribution in [3.63, 3.8) is 0 Å². The Morgan fingerprint density at radius 2 is 2.07 bits per heavy atom. The number of hydrogen-bond donors (Lipinski definition) is 2. The van der Waals surface area contributed by atoms with Gasteiger partial charge in [0.25, 0.3) is 10.0 Å². The average molecular weight is 422 g/mol. The van der Waals surface area contributed by atoms with Gasteiger partial charge in [-0.25, -0.2) is 28.1 Å². The second kappa shape index (κ2) is 8.89. The summed E-state index contributed by atoms with van der Waals surface area (Å²) in [7, 11) is -1.86. The number of anilines is 1. The molecule has 0 bridgehead atoms. The lowest BCUT2D eigenvalue weighted by atomic mass is 10.2. The molecule has 0 spiro atoms. The lowest BCUT2D eigenvalue weighted by Crippen LogP contribution is -2.25. The van der Waals surface area contributed by atoms with E-state index in [0.29, 0.717) is 44.1 Å². The SMILES string of the molecule is CCOCc1nc2c(N)ncc(C)c2n1CCCCNS(=O)(=O)c1cn(C)cn1. The van der Waals surface area contributed by atoms with Gasteiger partial charge in [-0.15, -0.1) is 0 Å². The standard InChI is InChI=1S/C18H27N7O3S/c1-4-28-11-14-23-16-17(13(2)9-20-18(16)19)25(14)8-6-5-7-22-29(26,27)15-10-24(3)12-21-15/h9-10,12,22H,4-8,11H2,1-3H3,(H2,19,20). The van der Waals surface area contributed by atoms with Crippen LogP contribution in [0.25, 0.3) is 11.0 Å². The molecule has 0 fully saturated rings. The summed E-state index contributed by atoms with van der Waals surface area (Å²) in [5, 5.41) is 0.0261. The number of imidazole rings is 2. The molecule has 0 aliphatic carbocycles. The van der Waals surface area contributed by atoms with Crippen LogP contribution in [0.1, 0.15) is 31.2 Å². The predicted molar refractivity (Wildman–Crippen MR) is 110 cm³/mol. The first kappa shape index (κ1) is 21.2. The second-order valence-electron chi connectivity index (χ2n) is 6.82. The minimum atomic E-state index is -3.59. The summed E-state index contributed by atoms with van der Waals surface area (Å²) in [6, 6.07) is 0. The number of ether oxygens (including phenoxy) is 1. The predicted octanol–water partition coefficient (Wildman–Crippen LogP) is 1.35. The summed E-state index contributed by atoms with van der Waals surface area (Å²) in [5.74, 6) is 1.18. The summed E-state index contributed by atoms with van der Waals surface area (Å²) >= 11 is 0. The van der Waals surface area contributed by atoms with Crippen LogP contribution in [0.4, 0.5) is 5.82 Å². The van der Waals surface area contributed by atoms with Crippen LogP contribution >= 0.6 is 0 Å². The van der Waals surface area contributed by atoms with Gasteiger partial charge in [0.15, 0.2) is 10.8 Å². The Hall–Kier alpha value is -2.50. The van der Waals surface area contributed by atoms with Crippen LogP contribution in [-0.2, 0) is 35.0 Å². The largest absolute Gasteiger partial charge is 0.382 e. The number of hydrogen-bond acceptors (Lipinski definition) is 7. The fourth-order valence-electron chi connectivity index (χ4n) is 3.11. The van der Waals surface area contributed by atoms with Gasteiger partial charge in [0.2, 0.25) is 0 Å². The number of unbranched alkanes of at least 4 members (excludes halogenated alkanes) is 1. The van der Waals surface area contributed by atoms with E-state index in [1.54, 1.807) is 17.8 Å². The van der Waals surface area contributed by atoms with Crippen molar-refractivity contribution in [3.8, 4) is 0 Å². The second-order valence-corrected chi connectivity index (χ2v) is 8.54. The van der Waals surface area contributed by atoms with Crippen LogP contribution in [0.5, 0.6) is 0 Å². The Labute approximate surface area is 170 Å². The molecule has 3 aromatic heterocycles. The molecule has 3 aromatic rings. The van der Waals surface area contributed by atoms with E-state index >= 15 is 0 Å². The quantitative estimate of drug-likeness (QED) is 0.473. The van der Waals surface area contributed by atoms with Gasteiger partial charge in [-0.2, -0.15) is 0 Å². The highest BCUT2D eigenvalue weighted by Crippen LogP contribution is 2.24. The van der Waals surface area contributed by atoms with Gasteiger partial charge in [0.05, 0.1) is 11.8 Å². The van der Waals surface area contributed by atoms with Gasteiger partial charge in [0, 0.05) is 39.1 Å². The first-order valence-electron chi connectivity index (χ1n) is 9.49. The number of nitrogens with two attached hydrogens (primary N) is 1. The van der Waals surface area contributed by atoms with Crippen molar-refractivity contribution in [2.24, 2.45) is 7.05 Å². The number of nitrogens with zero attached hydrogens (tertiary/aromatic N) is 5. The van der Waals surface area contributed by atoms with Crippen LogP contribution in [0, 0.1) is 6.92 Å². The van der Waals surface area contributed by atoms with Crippen LogP contribution in [0.15, 0.2) is 23.7 Å². The molecule has 0 saturated heterocycles. The Bertz CT molecular complexity index is 1090. The number of pyridine rings is 1. The maximum atomic E-state index is 12.2. The molecule has 11 heteroatoms. The molecule has 3 rings (SSSR count). The summed E-state index contributed by atoms with van der Waals surface area (Å²) in [6.07, 6.45) is 6.10. The molecule has 3 N–H and O–H groups in total. The van der Waals surface area contributed by atoms with Crippen LogP contribution in [-0.4, -0.2) is 45.7 Å². The maximum Gasteiger partial charge on any atom is 0.259 e. The molecule has 0 aliphatic heterocycles. The van der Waals surface area contributed by atoms with Gasteiger partial charge in [-0.05, 0) is 32.3 Å². The Balaban J connectivity index is 1.66. The fourth-order valence-corrected chi connectivity index (χ4v) is 4.17. The van der Waals surface area contributed by atoms with Crippen molar-refractivity contribution in [2.75, 3.05) is 18.9 Å². The third-order valence-corrected chi connectivity index (χ3v) is 5.90. The van der Waals surface area contributed by atoms with E-state index in [-0.39, 0.29) is 5.03 Å². The van der Waals surface area contributed by atoms with Gasteiger partial charge in [0.1, 0.15) is 17.9 Å². The normalized spacial score (nSPS) is 12.1. The molecule has 0 unspecified atom stereocenters. The van der Waals surface area contributed by atoms with E-state index in [0.717, 1.165) is 23.3 Å². The van der Waals surface area contributed by atoms with Crippen molar-refractivity contribution in [1.29, 1.82) is 0 Å². The first-order chi connectivity index (χ1) is 13.8. The minimum absolute atomic E-state index is 0.0261. The van der Waals surface area contributed by atoms with Gasteiger partial charge in [-0.1, -0.05) is 0 Å². The third-order valence-electron chi connectivity index (χ3n) is 4.55. The van der Waals surface area contributed by atoms with Gasteiger partial charge in [-0.3, -0.25) is 0 Å². The number of aromatic nitrogens is 5. The molecule has 0 aromatic carbocycles. The smallest absolute Gasteiger partial charge is 0.259 e. The topological polar surface area (TPSA) is 130 Å². The van der Waals surface area contributed by atoms with Crippen LogP contribution < -0.4 is 10.5 Å². The molecule has 0 atom stereocenters. The Kier molecular flexibility index (Phi) is 6.50. The monoisotopic (exact) mass is 421 g/mol. The number of nitrogen functional groups attached to an aromatic ring is 1. The lowest BCUT2D eigenvalue weighted by Gasteiger charge is -2.11. The van der Waals surface area contributed by atoms with E-state index < -0.39 is 10.0 Å². The van der Waals surface area contributed by atoms with E-state index in [9.17, 15) is 8.42 Å². The summed E-state index contributed by atoms with van der Waals surface area (Å²) in [5.41, 5.74) is 8.61. The van der Waals surface area contributed by atoms with E-state index in [1.807, 2.05) is 13.8 Å². The molecule has 29 heavy (non-hydrogen) atoms. The van der Waals surface area contributed by atoms with Crippen molar-refractivity contribution < 1.29 is 13.2 Å². The average Bonchev–Trinajstić information content (AvgIpc) is 3.28. The van der Waals surface area contributed by atoms with Crippen molar-refractivity contribution in [3.05, 3.63) is 30.1 Å². The van der Waals surface area contributed by atoms with Crippen molar-refractivity contribution in [1.82, 2.24) is 28.8 Å². The molecular weight excluding hydrogens is 394 g/mol. The maximum absolute atomic E-state index is 12.2. The van der Waals surface area contributed by atoms with Crippen LogP contribution in [0.3, 0.4) is 0 Å². The number of aryl methyl sites for hydroxylation is 3. The number of sulfonamides is 1. The van der Waals surface area contributed by atoms with E-state index in [4.69, 9.17) is 10.5 Å². The molecule has 158 valence electrons. The van der Waals surface area contributed by atoms with Crippen molar-refractivity contribution >= 4 is 26.9 Å². The number of nitrogens with one attached hydrogen (secondary N) is 1. The van der Waals surface area contributed by atoms with Crippen LogP contribution in [0.2, 0.25) is 0 Å². The molecule has 0 saturated carbocycles. The Morgan fingerprint density at radius 1 is 1.28 bits per heavy atom. The molecule has 3 heterocycles.